The minimum atomic E-state index is -0.594. The van der Waals surface area contributed by atoms with Gasteiger partial charge in [-0.1, -0.05) is 11.6 Å². The summed E-state index contributed by atoms with van der Waals surface area (Å²) in [5.74, 6) is -0.615. The van der Waals surface area contributed by atoms with Crippen molar-refractivity contribution >= 4 is 51.4 Å². The van der Waals surface area contributed by atoms with Crippen molar-refractivity contribution in [3.63, 3.8) is 0 Å². The van der Waals surface area contributed by atoms with E-state index in [0.29, 0.717) is 5.56 Å². The zero-order valence-corrected chi connectivity index (χ0v) is 13.1. The van der Waals surface area contributed by atoms with E-state index in [-0.39, 0.29) is 22.3 Å². The molecule has 0 saturated heterocycles. The molecule has 104 valence electrons. The minimum absolute atomic E-state index is 0.0919. The van der Waals surface area contributed by atoms with E-state index in [0.717, 1.165) is 3.57 Å². The van der Waals surface area contributed by atoms with E-state index >= 15 is 0 Å². The molecule has 8 heteroatoms. The van der Waals surface area contributed by atoms with Gasteiger partial charge in [-0.05, 0) is 53.3 Å². The predicted octanol–water partition coefficient (Wildman–Crippen LogP) is 4.44. The van der Waals surface area contributed by atoms with Gasteiger partial charge in [-0.15, -0.1) is 0 Å². The van der Waals surface area contributed by atoms with E-state index in [4.69, 9.17) is 11.6 Å². The summed E-state index contributed by atoms with van der Waals surface area (Å²) in [6.07, 6.45) is 0. The van der Waals surface area contributed by atoms with Gasteiger partial charge in [-0.2, -0.15) is 0 Å². The molecule has 1 aromatic heterocycles. The first-order valence-corrected chi connectivity index (χ1v) is 6.88. The fourth-order valence-electron chi connectivity index (χ4n) is 1.53. The van der Waals surface area contributed by atoms with Crippen molar-refractivity contribution < 1.29 is 9.31 Å². The summed E-state index contributed by atoms with van der Waals surface area (Å²) >= 11 is 7.82. The first kappa shape index (κ1) is 14.9. The molecular formula is C12H8ClFIN3O2. The van der Waals surface area contributed by atoms with Crippen LogP contribution in [0, 0.1) is 26.4 Å². The number of hydrogen-bond acceptors (Lipinski definition) is 4. The fourth-order valence-corrected chi connectivity index (χ4v) is 2.12. The number of nitro groups is 1. The first-order chi connectivity index (χ1) is 9.38. The molecule has 20 heavy (non-hydrogen) atoms. The maximum atomic E-state index is 13.8. The number of aromatic nitrogens is 1. The maximum absolute atomic E-state index is 13.8. The molecule has 0 aliphatic carbocycles. The molecular weight excluding hydrogens is 400 g/mol. The molecule has 0 unspecified atom stereocenters. The van der Waals surface area contributed by atoms with Crippen LogP contribution in [0.2, 0.25) is 5.15 Å². The molecule has 0 atom stereocenters. The lowest BCUT2D eigenvalue weighted by Crippen LogP contribution is -2.02. The fraction of sp³-hybridized carbons (Fsp3) is 0.0833. The third-order valence-corrected chi connectivity index (χ3v) is 3.57. The highest BCUT2D eigenvalue weighted by molar-refractivity contribution is 14.1. The Hall–Kier alpha value is -1.48. The highest BCUT2D eigenvalue weighted by Gasteiger charge is 2.19. The van der Waals surface area contributed by atoms with E-state index in [1.807, 2.05) is 22.6 Å². The van der Waals surface area contributed by atoms with Crippen molar-refractivity contribution in [2.24, 2.45) is 0 Å². The molecule has 0 aliphatic heterocycles. The van der Waals surface area contributed by atoms with Gasteiger partial charge in [-0.3, -0.25) is 10.1 Å². The van der Waals surface area contributed by atoms with Gasteiger partial charge < -0.3 is 5.32 Å². The van der Waals surface area contributed by atoms with E-state index < -0.39 is 10.7 Å². The molecule has 0 fully saturated rings. The van der Waals surface area contributed by atoms with Crippen LogP contribution in [-0.4, -0.2) is 9.91 Å². The lowest BCUT2D eigenvalue weighted by molar-refractivity contribution is -0.384. The topological polar surface area (TPSA) is 68.1 Å². The summed E-state index contributed by atoms with van der Waals surface area (Å²) in [4.78, 5) is 14.3. The Balaban J connectivity index is 2.47. The number of pyridine rings is 1. The van der Waals surface area contributed by atoms with Gasteiger partial charge in [0.15, 0.2) is 0 Å². The SMILES string of the molecule is Cc1cc([N+](=O)[O-])c(Nc2ccc(I)cc2F)nc1Cl. The Labute approximate surface area is 132 Å². The maximum Gasteiger partial charge on any atom is 0.312 e. The molecule has 1 N–H and O–H groups in total. The second kappa shape index (κ2) is 5.88. The third kappa shape index (κ3) is 3.15. The Morgan fingerprint density at radius 1 is 1.45 bits per heavy atom. The van der Waals surface area contributed by atoms with Gasteiger partial charge in [-0.25, -0.2) is 9.37 Å². The second-order valence-electron chi connectivity index (χ2n) is 3.97. The van der Waals surface area contributed by atoms with Crippen molar-refractivity contribution in [2.45, 2.75) is 6.92 Å². The smallest absolute Gasteiger partial charge is 0.312 e. The third-order valence-electron chi connectivity index (χ3n) is 2.51. The highest BCUT2D eigenvalue weighted by atomic mass is 127. The number of anilines is 2. The van der Waals surface area contributed by atoms with E-state index in [9.17, 15) is 14.5 Å². The number of benzene rings is 1. The van der Waals surface area contributed by atoms with Gasteiger partial charge in [0.05, 0.1) is 10.6 Å². The number of rotatable bonds is 3. The van der Waals surface area contributed by atoms with Crippen molar-refractivity contribution in [1.29, 1.82) is 0 Å². The Morgan fingerprint density at radius 2 is 2.15 bits per heavy atom. The van der Waals surface area contributed by atoms with Gasteiger partial charge >= 0.3 is 5.69 Å². The quantitative estimate of drug-likeness (QED) is 0.353. The van der Waals surface area contributed by atoms with Crippen LogP contribution in [0.25, 0.3) is 0 Å². The van der Waals surface area contributed by atoms with Crippen LogP contribution in [0.3, 0.4) is 0 Å². The lowest BCUT2D eigenvalue weighted by atomic mass is 10.2. The number of hydrogen-bond donors (Lipinski definition) is 1. The Morgan fingerprint density at radius 3 is 2.75 bits per heavy atom. The summed E-state index contributed by atoms with van der Waals surface area (Å²) < 4.78 is 14.5. The van der Waals surface area contributed by atoms with Crippen molar-refractivity contribution in [3.05, 3.63) is 54.5 Å². The molecule has 0 saturated carbocycles. The normalized spacial score (nSPS) is 10.4. The summed E-state index contributed by atoms with van der Waals surface area (Å²) in [5.41, 5.74) is 0.317. The Bertz CT molecular complexity index is 697. The van der Waals surface area contributed by atoms with Crippen LogP contribution in [0.4, 0.5) is 21.6 Å². The van der Waals surface area contributed by atoms with Gasteiger partial charge in [0, 0.05) is 9.64 Å². The molecule has 0 spiro atoms. The molecule has 1 heterocycles. The van der Waals surface area contributed by atoms with Gasteiger partial charge in [0.1, 0.15) is 11.0 Å². The first-order valence-electron chi connectivity index (χ1n) is 5.42. The van der Waals surface area contributed by atoms with E-state index in [1.54, 1.807) is 13.0 Å². The number of nitrogens with one attached hydrogen (secondary N) is 1. The summed E-state index contributed by atoms with van der Waals surface area (Å²) in [7, 11) is 0. The van der Waals surface area contributed by atoms with Crippen LogP contribution in [-0.2, 0) is 0 Å². The molecule has 0 radical (unpaired) electrons. The second-order valence-corrected chi connectivity index (χ2v) is 5.57. The lowest BCUT2D eigenvalue weighted by Gasteiger charge is -2.09. The van der Waals surface area contributed by atoms with Crippen molar-refractivity contribution in [1.82, 2.24) is 4.98 Å². The van der Waals surface area contributed by atoms with E-state index in [2.05, 4.69) is 10.3 Å². The van der Waals surface area contributed by atoms with Crippen LogP contribution < -0.4 is 5.32 Å². The molecule has 5 nitrogen and oxygen atoms in total. The van der Waals surface area contributed by atoms with Gasteiger partial charge in [0.25, 0.3) is 0 Å². The summed E-state index contributed by atoms with van der Waals surface area (Å²) in [6.45, 7) is 1.61. The predicted molar refractivity (Wildman–Crippen MR) is 83.0 cm³/mol. The minimum Gasteiger partial charge on any atom is -0.332 e. The number of halogens is 3. The molecule has 2 aromatic rings. The van der Waals surface area contributed by atoms with Gasteiger partial charge in [0.2, 0.25) is 5.82 Å². The number of nitrogens with zero attached hydrogens (tertiary/aromatic N) is 2. The molecule has 2 rings (SSSR count). The largest absolute Gasteiger partial charge is 0.332 e. The van der Waals surface area contributed by atoms with Crippen LogP contribution >= 0.6 is 34.2 Å². The standard InChI is InChI=1S/C12H8ClFIN3O2/c1-6-4-10(18(19)20)12(17-11(6)13)16-9-3-2-7(15)5-8(9)14/h2-5H,1H3,(H,16,17). The molecule has 0 amide bonds. The van der Waals surface area contributed by atoms with Crippen molar-refractivity contribution in [3.8, 4) is 0 Å². The molecule has 1 aromatic carbocycles. The molecule has 0 bridgehead atoms. The highest BCUT2D eigenvalue weighted by Crippen LogP contribution is 2.30. The monoisotopic (exact) mass is 407 g/mol. The average Bonchev–Trinajstić information content (AvgIpc) is 2.36. The zero-order chi connectivity index (χ0) is 14.9. The average molecular weight is 408 g/mol. The van der Waals surface area contributed by atoms with Crippen LogP contribution in [0.15, 0.2) is 24.3 Å². The van der Waals surface area contributed by atoms with Crippen LogP contribution in [0.1, 0.15) is 5.56 Å². The summed E-state index contributed by atoms with van der Waals surface area (Å²) in [6, 6.07) is 5.76. The molecule has 0 aliphatic rings. The number of aryl methyl sites for hydroxylation is 1. The van der Waals surface area contributed by atoms with Crippen LogP contribution in [0.5, 0.6) is 0 Å². The zero-order valence-electron chi connectivity index (χ0n) is 10.2. The van der Waals surface area contributed by atoms with Crippen molar-refractivity contribution in [2.75, 3.05) is 5.32 Å². The Kier molecular flexibility index (Phi) is 4.39. The summed E-state index contributed by atoms with van der Waals surface area (Å²) in [5, 5.41) is 13.7. The van der Waals surface area contributed by atoms with E-state index in [1.165, 1.54) is 18.2 Å².